The molecule has 1 unspecified atom stereocenters. The summed E-state index contributed by atoms with van der Waals surface area (Å²) in [6, 6.07) is 7.94. The number of aromatic amines is 1. The van der Waals surface area contributed by atoms with Gasteiger partial charge in [-0.15, -0.1) is 0 Å². The predicted octanol–water partition coefficient (Wildman–Crippen LogP) is 3.65. The van der Waals surface area contributed by atoms with E-state index in [0.29, 0.717) is 6.54 Å². The van der Waals surface area contributed by atoms with E-state index in [2.05, 4.69) is 11.9 Å². The number of nitrogens with two attached hydrogens (primary N) is 1. The Bertz CT molecular complexity index is 813. The third-order valence-electron chi connectivity index (χ3n) is 4.72. The van der Waals surface area contributed by atoms with Crippen molar-refractivity contribution in [3.8, 4) is 0 Å². The van der Waals surface area contributed by atoms with Gasteiger partial charge in [-0.2, -0.15) is 0 Å². The first-order valence-electron chi connectivity index (χ1n) is 10.1. The summed E-state index contributed by atoms with van der Waals surface area (Å²) in [6.07, 6.45) is 3.80. The number of carbonyl (C=O) groups is 1. The van der Waals surface area contributed by atoms with Gasteiger partial charge in [0.2, 0.25) is 0 Å². The van der Waals surface area contributed by atoms with Crippen molar-refractivity contribution in [1.29, 1.82) is 0 Å². The molecule has 156 valence electrons. The number of rotatable bonds is 4. The number of hydrogen-bond donors (Lipinski definition) is 2. The van der Waals surface area contributed by atoms with Crippen molar-refractivity contribution in [1.82, 2.24) is 14.5 Å². The highest BCUT2D eigenvalue weighted by Gasteiger charge is 2.23. The van der Waals surface area contributed by atoms with Crippen LogP contribution in [0, 0.1) is 0 Å². The number of aromatic nitrogens is 2. The van der Waals surface area contributed by atoms with Crippen LogP contribution >= 0.6 is 0 Å². The lowest BCUT2D eigenvalue weighted by Gasteiger charge is -2.23. The van der Waals surface area contributed by atoms with Crippen molar-refractivity contribution < 1.29 is 9.53 Å². The minimum Gasteiger partial charge on any atom is -0.444 e. The van der Waals surface area contributed by atoms with Crippen molar-refractivity contribution >= 4 is 17.1 Å². The molecule has 1 aliphatic rings. The lowest BCUT2D eigenvalue weighted by atomic mass is 10.1. The number of carbonyl (C=O) groups excluding carboxylic acids is 1. The zero-order valence-electron chi connectivity index (χ0n) is 17.5. The Balaban J connectivity index is 0.000000209. The Labute approximate surface area is 166 Å². The molecule has 1 fully saturated rings. The summed E-state index contributed by atoms with van der Waals surface area (Å²) in [5.41, 5.74) is 7.04. The van der Waals surface area contributed by atoms with E-state index in [-0.39, 0.29) is 23.4 Å². The van der Waals surface area contributed by atoms with E-state index in [4.69, 9.17) is 10.5 Å². The van der Waals surface area contributed by atoms with Gasteiger partial charge >= 0.3 is 11.8 Å². The van der Waals surface area contributed by atoms with Crippen LogP contribution in [0.15, 0.2) is 29.1 Å². The maximum Gasteiger partial charge on any atom is 0.410 e. The molecule has 1 aromatic carbocycles. The smallest absolute Gasteiger partial charge is 0.410 e. The number of ether oxygens (including phenoxy) is 1. The number of para-hydroxylation sites is 2. The number of H-pyrrole nitrogens is 1. The first-order chi connectivity index (χ1) is 13.3. The molecule has 0 aliphatic carbocycles. The largest absolute Gasteiger partial charge is 0.444 e. The molecular formula is C21H34N4O3. The van der Waals surface area contributed by atoms with Crippen molar-refractivity contribution in [2.75, 3.05) is 19.6 Å². The SMILES string of the molecule is CC(C)(C)OC(=O)N1CCCC1.CCC(CCN)n1c(=O)[nH]c2ccccc21. The van der Waals surface area contributed by atoms with E-state index < -0.39 is 0 Å². The number of amides is 1. The first-order valence-corrected chi connectivity index (χ1v) is 10.1. The fourth-order valence-electron chi connectivity index (χ4n) is 3.37. The molecule has 1 aliphatic heterocycles. The molecule has 2 heterocycles. The van der Waals surface area contributed by atoms with Gasteiger partial charge in [0.25, 0.3) is 0 Å². The quantitative estimate of drug-likeness (QED) is 0.833. The number of imidazole rings is 1. The zero-order chi connectivity index (χ0) is 20.7. The number of likely N-dealkylation sites (tertiary alicyclic amines) is 1. The van der Waals surface area contributed by atoms with Crippen LogP contribution in [0.4, 0.5) is 4.79 Å². The van der Waals surface area contributed by atoms with Crippen LogP contribution in [0.25, 0.3) is 11.0 Å². The van der Waals surface area contributed by atoms with E-state index in [0.717, 1.165) is 49.8 Å². The van der Waals surface area contributed by atoms with Crippen LogP contribution in [0.3, 0.4) is 0 Å². The van der Waals surface area contributed by atoms with Crippen molar-refractivity contribution in [2.24, 2.45) is 5.73 Å². The highest BCUT2D eigenvalue weighted by Crippen LogP contribution is 2.19. The highest BCUT2D eigenvalue weighted by atomic mass is 16.6. The fraction of sp³-hybridized carbons (Fsp3) is 0.619. The molecule has 3 rings (SSSR count). The lowest BCUT2D eigenvalue weighted by molar-refractivity contribution is 0.0295. The van der Waals surface area contributed by atoms with Crippen LogP contribution in [0.2, 0.25) is 0 Å². The molecule has 28 heavy (non-hydrogen) atoms. The van der Waals surface area contributed by atoms with Crippen LogP contribution in [0.1, 0.15) is 59.4 Å². The minimum atomic E-state index is -0.361. The average molecular weight is 391 g/mol. The molecule has 7 nitrogen and oxygen atoms in total. The molecule has 1 amide bonds. The van der Waals surface area contributed by atoms with E-state index >= 15 is 0 Å². The molecule has 3 N–H and O–H groups in total. The molecule has 0 bridgehead atoms. The summed E-state index contributed by atoms with van der Waals surface area (Å²) in [7, 11) is 0. The van der Waals surface area contributed by atoms with E-state index in [1.165, 1.54) is 0 Å². The van der Waals surface area contributed by atoms with Gasteiger partial charge in [-0.05, 0) is 65.1 Å². The Morgan fingerprint density at radius 3 is 2.46 bits per heavy atom. The summed E-state index contributed by atoms with van der Waals surface area (Å²) < 4.78 is 7.03. The van der Waals surface area contributed by atoms with E-state index in [1.54, 1.807) is 4.90 Å². The number of nitrogens with one attached hydrogen (secondary N) is 1. The second kappa shape index (κ2) is 9.78. The number of benzene rings is 1. The fourth-order valence-corrected chi connectivity index (χ4v) is 3.37. The van der Waals surface area contributed by atoms with Crippen LogP contribution in [0.5, 0.6) is 0 Å². The summed E-state index contributed by atoms with van der Waals surface area (Å²) in [4.78, 5) is 27.9. The zero-order valence-corrected chi connectivity index (χ0v) is 17.5. The van der Waals surface area contributed by atoms with Gasteiger partial charge in [-0.1, -0.05) is 19.1 Å². The summed E-state index contributed by atoms with van der Waals surface area (Å²) >= 11 is 0. The van der Waals surface area contributed by atoms with Gasteiger partial charge < -0.3 is 20.4 Å². The predicted molar refractivity (Wildman–Crippen MR) is 113 cm³/mol. The number of hydrogen-bond acceptors (Lipinski definition) is 4. The number of fused-ring (bicyclic) bond motifs is 1. The van der Waals surface area contributed by atoms with Gasteiger partial charge in [0.05, 0.1) is 11.0 Å². The molecule has 0 saturated carbocycles. The van der Waals surface area contributed by atoms with E-state index in [1.807, 2.05) is 49.6 Å². The maximum atomic E-state index is 11.9. The van der Waals surface area contributed by atoms with Gasteiger partial charge in [-0.3, -0.25) is 4.57 Å². The van der Waals surface area contributed by atoms with Crippen LogP contribution in [-0.4, -0.2) is 45.8 Å². The summed E-state index contributed by atoms with van der Waals surface area (Å²) in [6.45, 7) is 10.1. The summed E-state index contributed by atoms with van der Waals surface area (Å²) in [5, 5.41) is 0. The van der Waals surface area contributed by atoms with Crippen LogP contribution < -0.4 is 11.4 Å². The number of nitrogens with zero attached hydrogens (tertiary/aromatic N) is 2. The van der Waals surface area contributed by atoms with Gasteiger partial charge in [0.1, 0.15) is 5.60 Å². The Kier molecular flexibility index (Phi) is 7.69. The Morgan fingerprint density at radius 1 is 1.25 bits per heavy atom. The Morgan fingerprint density at radius 2 is 1.89 bits per heavy atom. The maximum absolute atomic E-state index is 11.9. The normalized spacial score (nSPS) is 15.2. The molecule has 2 aromatic rings. The molecule has 1 aromatic heterocycles. The minimum absolute atomic E-state index is 0.0403. The molecule has 1 atom stereocenters. The second-order valence-corrected chi connectivity index (χ2v) is 8.13. The first kappa shape index (κ1) is 22.0. The molecule has 1 saturated heterocycles. The topological polar surface area (TPSA) is 93.3 Å². The Hall–Kier alpha value is -2.28. The van der Waals surface area contributed by atoms with Crippen molar-refractivity contribution in [3.05, 3.63) is 34.7 Å². The van der Waals surface area contributed by atoms with Crippen molar-refractivity contribution in [3.63, 3.8) is 0 Å². The molecular weight excluding hydrogens is 356 g/mol. The molecule has 0 spiro atoms. The second-order valence-electron chi connectivity index (χ2n) is 8.13. The van der Waals surface area contributed by atoms with Crippen LogP contribution in [-0.2, 0) is 4.74 Å². The third-order valence-corrected chi connectivity index (χ3v) is 4.72. The van der Waals surface area contributed by atoms with Gasteiger partial charge in [0.15, 0.2) is 0 Å². The highest BCUT2D eigenvalue weighted by molar-refractivity contribution is 5.75. The third kappa shape index (κ3) is 5.86. The van der Waals surface area contributed by atoms with Gasteiger partial charge in [0, 0.05) is 19.1 Å². The standard InChI is InChI=1S/C12H17N3O.C9H17NO2/c1-2-9(7-8-13)15-11-6-4-3-5-10(11)14-12(15)16;1-9(2,3)12-8(11)10-6-4-5-7-10/h3-6,9H,2,7-8,13H2,1H3,(H,14,16);4-7H2,1-3H3. The monoisotopic (exact) mass is 390 g/mol. The van der Waals surface area contributed by atoms with Gasteiger partial charge in [-0.25, -0.2) is 9.59 Å². The summed E-state index contributed by atoms with van der Waals surface area (Å²) in [5.74, 6) is 0. The van der Waals surface area contributed by atoms with Crippen molar-refractivity contribution in [2.45, 2.75) is 65.0 Å². The lowest BCUT2D eigenvalue weighted by Crippen LogP contribution is -2.34. The molecule has 0 radical (unpaired) electrons. The molecule has 7 heteroatoms. The van der Waals surface area contributed by atoms with E-state index in [9.17, 15) is 9.59 Å². The average Bonchev–Trinajstić information content (AvgIpc) is 3.26.